The van der Waals surface area contributed by atoms with Gasteiger partial charge in [-0.2, -0.15) is 0 Å². The second-order valence-corrected chi connectivity index (χ2v) is 2.16. The van der Waals surface area contributed by atoms with Crippen molar-refractivity contribution in [2.45, 2.75) is 13.0 Å². The van der Waals surface area contributed by atoms with Gasteiger partial charge in [-0.1, -0.05) is 0 Å². The van der Waals surface area contributed by atoms with Crippen LogP contribution < -0.4 is 0 Å². The van der Waals surface area contributed by atoms with Crippen LogP contribution >= 0.6 is 0 Å². The van der Waals surface area contributed by atoms with Gasteiger partial charge in [0.15, 0.2) is 0 Å². The molecule has 74 valence electrons. The molecule has 0 radical (unpaired) electrons. The van der Waals surface area contributed by atoms with Crippen LogP contribution in [0.25, 0.3) is 0 Å². The van der Waals surface area contributed by atoms with Crippen LogP contribution in [0.15, 0.2) is 12.2 Å². The Balaban J connectivity index is 3.86. The lowest BCUT2D eigenvalue weighted by atomic mass is 10.3. The Hall–Kier alpha value is -1.52. The highest BCUT2D eigenvalue weighted by Gasteiger charge is 2.05. The molecular weight excluding hydrogens is 176 g/mol. The molecule has 0 saturated carbocycles. The molecule has 0 spiro atoms. The topological polar surface area (TPSA) is 61.8 Å². The summed E-state index contributed by atoms with van der Waals surface area (Å²) in [6.45, 7) is 1.59. The van der Waals surface area contributed by atoms with Gasteiger partial charge in [0.1, 0.15) is 6.10 Å². The van der Waals surface area contributed by atoms with Crippen molar-refractivity contribution in [2.75, 3.05) is 14.2 Å². The summed E-state index contributed by atoms with van der Waals surface area (Å²) < 4.78 is 13.2. The largest absolute Gasteiger partial charge is 0.508 e. The molecule has 0 aromatic carbocycles. The normalized spacial score (nSPS) is 12.2. The zero-order valence-electron chi connectivity index (χ0n) is 7.77. The van der Waals surface area contributed by atoms with E-state index in [4.69, 9.17) is 0 Å². The van der Waals surface area contributed by atoms with Gasteiger partial charge in [0, 0.05) is 6.08 Å². The third kappa shape index (κ3) is 5.72. The highest BCUT2D eigenvalue weighted by Crippen LogP contribution is 1.95. The predicted molar refractivity (Wildman–Crippen MR) is 44.1 cm³/mol. The van der Waals surface area contributed by atoms with Crippen molar-refractivity contribution in [3.05, 3.63) is 12.2 Å². The Labute approximate surface area is 76.3 Å². The predicted octanol–water partition coefficient (Wildman–Crippen LogP) is 0.887. The molecule has 0 aromatic heterocycles. The van der Waals surface area contributed by atoms with E-state index in [9.17, 15) is 9.59 Å². The van der Waals surface area contributed by atoms with Gasteiger partial charge in [0.25, 0.3) is 0 Å². The molecule has 0 rings (SSSR count). The van der Waals surface area contributed by atoms with Crippen LogP contribution in [0.4, 0.5) is 4.79 Å². The summed E-state index contributed by atoms with van der Waals surface area (Å²) in [5.41, 5.74) is 0. The first kappa shape index (κ1) is 11.5. The van der Waals surface area contributed by atoms with Gasteiger partial charge in [0.05, 0.1) is 14.2 Å². The van der Waals surface area contributed by atoms with Crippen molar-refractivity contribution in [3.8, 4) is 0 Å². The minimum Gasteiger partial charge on any atom is -0.466 e. The Morgan fingerprint density at radius 3 is 2.31 bits per heavy atom. The summed E-state index contributed by atoms with van der Waals surface area (Å²) >= 11 is 0. The molecule has 0 fully saturated rings. The summed E-state index contributed by atoms with van der Waals surface area (Å²) in [4.78, 5) is 21.1. The molecule has 0 heterocycles. The quantitative estimate of drug-likeness (QED) is 0.486. The van der Waals surface area contributed by atoms with Crippen LogP contribution in [0.2, 0.25) is 0 Å². The first-order valence-electron chi connectivity index (χ1n) is 3.61. The average molecular weight is 188 g/mol. The van der Waals surface area contributed by atoms with Crippen molar-refractivity contribution in [1.29, 1.82) is 0 Å². The lowest BCUT2D eigenvalue weighted by Gasteiger charge is -2.06. The molecule has 0 amide bonds. The maximum absolute atomic E-state index is 10.6. The molecule has 0 aliphatic heterocycles. The SMILES string of the molecule is COC(=O)/C=C\C(C)OC(=O)OC. The Morgan fingerprint density at radius 2 is 1.85 bits per heavy atom. The van der Waals surface area contributed by atoms with Crippen molar-refractivity contribution < 1.29 is 23.8 Å². The third-order valence-electron chi connectivity index (χ3n) is 1.15. The smallest absolute Gasteiger partial charge is 0.466 e. The van der Waals surface area contributed by atoms with Crippen LogP contribution in [-0.4, -0.2) is 32.4 Å². The van der Waals surface area contributed by atoms with E-state index in [-0.39, 0.29) is 0 Å². The molecule has 5 nitrogen and oxygen atoms in total. The van der Waals surface area contributed by atoms with Crippen LogP contribution in [0, 0.1) is 0 Å². The molecular formula is C8H12O5. The van der Waals surface area contributed by atoms with E-state index in [1.165, 1.54) is 26.4 Å². The second kappa shape index (κ2) is 6.05. The van der Waals surface area contributed by atoms with Crippen molar-refractivity contribution in [3.63, 3.8) is 0 Å². The highest BCUT2D eigenvalue weighted by atomic mass is 16.7. The van der Waals surface area contributed by atoms with Crippen molar-refractivity contribution in [2.24, 2.45) is 0 Å². The van der Waals surface area contributed by atoms with Crippen LogP contribution in [-0.2, 0) is 19.0 Å². The Bertz CT molecular complexity index is 209. The number of carbonyl (C=O) groups is 2. The molecule has 0 aromatic rings. The van der Waals surface area contributed by atoms with Crippen LogP contribution in [0.3, 0.4) is 0 Å². The lowest BCUT2D eigenvalue weighted by Crippen LogP contribution is -2.12. The van der Waals surface area contributed by atoms with Gasteiger partial charge in [-0.3, -0.25) is 0 Å². The van der Waals surface area contributed by atoms with Gasteiger partial charge in [-0.25, -0.2) is 9.59 Å². The average Bonchev–Trinajstić information content (AvgIpc) is 2.13. The second-order valence-electron chi connectivity index (χ2n) is 2.16. The Kier molecular flexibility index (Phi) is 5.34. The van der Waals surface area contributed by atoms with E-state index in [2.05, 4.69) is 14.2 Å². The maximum Gasteiger partial charge on any atom is 0.508 e. The number of hydrogen-bond acceptors (Lipinski definition) is 5. The lowest BCUT2D eigenvalue weighted by molar-refractivity contribution is -0.134. The molecule has 5 heteroatoms. The van der Waals surface area contributed by atoms with E-state index in [0.717, 1.165) is 0 Å². The first-order valence-corrected chi connectivity index (χ1v) is 3.61. The molecule has 1 unspecified atom stereocenters. The molecule has 0 aliphatic carbocycles. The standard InChI is InChI=1S/C8H12O5/c1-6(13-8(10)12-3)4-5-7(9)11-2/h4-6H,1-3H3/b5-4-. The summed E-state index contributed by atoms with van der Waals surface area (Å²) in [7, 11) is 2.47. The van der Waals surface area contributed by atoms with E-state index >= 15 is 0 Å². The first-order chi connectivity index (χ1) is 6.10. The molecule has 1 atom stereocenters. The third-order valence-corrected chi connectivity index (χ3v) is 1.15. The highest BCUT2D eigenvalue weighted by molar-refractivity contribution is 5.81. The number of hydrogen-bond donors (Lipinski definition) is 0. The van der Waals surface area contributed by atoms with E-state index < -0.39 is 18.2 Å². The summed E-state index contributed by atoms with van der Waals surface area (Å²) in [6.07, 6.45) is 1.25. The molecule has 0 bridgehead atoms. The van der Waals surface area contributed by atoms with Crippen molar-refractivity contribution >= 4 is 12.1 Å². The number of ether oxygens (including phenoxy) is 3. The fourth-order valence-corrected chi connectivity index (χ4v) is 0.521. The molecule has 13 heavy (non-hydrogen) atoms. The van der Waals surface area contributed by atoms with Crippen LogP contribution in [0.5, 0.6) is 0 Å². The molecule has 0 aliphatic rings. The van der Waals surface area contributed by atoms with Gasteiger partial charge >= 0.3 is 12.1 Å². The van der Waals surface area contributed by atoms with Gasteiger partial charge in [0.2, 0.25) is 0 Å². The maximum atomic E-state index is 10.6. The minimum atomic E-state index is -0.790. The summed E-state index contributed by atoms with van der Waals surface area (Å²) in [5.74, 6) is -0.500. The van der Waals surface area contributed by atoms with E-state index in [0.29, 0.717) is 0 Å². The minimum absolute atomic E-state index is 0.500. The zero-order valence-corrected chi connectivity index (χ0v) is 7.77. The van der Waals surface area contributed by atoms with Gasteiger partial charge < -0.3 is 14.2 Å². The zero-order chi connectivity index (χ0) is 10.3. The summed E-state index contributed by atoms with van der Waals surface area (Å²) in [6, 6.07) is 0. The fourth-order valence-electron chi connectivity index (χ4n) is 0.521. The number of rotatable bonds is 3. The molecule has 0 N–H and O–H groups in total. The monoisotopic (exact) mass is 188 g/mol. The van der Waals surface area contributed by atoms with E-state index in [1.807, 2.05) is 0 Å². The van der Waals surface area contributed by atoms with Crippen LogP contribution in [0.1, 0.15) is 6.92 Å². The van der Waals surface area contributed by atoms with Crippen molar-refractivity contribution in [1.82, 2.24) is 0 Å². The summed E-state index contributed by atoms with van der Waals surface area (Å²) in [5, 5.41) is 0. The number of esters is 1. The van der Waals surface area contributed by atoms with Gasteiger partial charge in [-0.05, 0) is 13.0 Å². The Morgan fingerprint density at radius 1 is 1.23 bits per heavy atom. The molecule has 0 saturated heterocycles. The fraction of sp³-hybridized carbons (Fsp3) is 0.500. The van der Waals surface area contributed by atoms with E-state index in [1.54, 1.807) is 6.92 Å². The van der Waals surface area contributed by atoms with Gasteiger partial charge in [-0.15, -0.1) is 0 Å². The number of methoxy groups -OCH3 is 2. The number of carbonyl (C=O) groups excluding carboxylic acids is 2.